The number of rotatable bonds is 6. The van der Waals surface area contributed by atoms with Gasteiger partial charge >= 0.3 is 0 Å². The Kier molecular flexibility index (Phi) is 8.01. The Morgan fingerprint density at radius 2 is 0.879 bits per heavy atom. The normalized spacial score (nSPS) is 11.1. The van der Waals surface area contributed by atoms with Gasteiger partial charge < -0.3 is 17.1 Å². The molecule has 0 atom stereocenters. The summed E-state index contributed by atoms with van der Waals surface area (Å²) in [5, 5.41) is 4.26. The Labute approximate surface area is 205 Å². The van der Waals surface area contributed by atoms with Gasteiger partial charge in [0.15, 0.2) is 0 Å². The molecule has 0 aromatic heterocycles. The lowest BCUT2D eigenvalue weighted by Gasteiger charge is -2.30. The Bertz CT molecular complexity index is 1080. The monoisotopic (exact) mass is 474 g/mol. The summed E-state index contributed by atoms with van der Waals surface area (Å²) < 4.78 is 5.79. The molecule has 1 nitrogen and oxygen atoms in total. The molecule has 0 unspecified atom stereocenters. The van der Waals surface area contributed by atoms with E-state index in [9.17, 15) is 0 Å². The molecular formula is C30H32ClOP. The van der Waals surface area contributed by atoms with Crippen molar-refractivity contribution >= 4 is 23.2 Å². The van der Waals surface area contributed by atoms with Crippen LogP contribution in [0.4, 0.5) is 0 Å². The van der Waals surface area contributed by atoms with Crippen LogP contribution in [0.1, 0.15) is 27.8 Å². The molecule has 0 radical (unpaired) electrons. The van der Waals surface area contributed by atoms with E-state index in [0.29, 0.717) is 0 Å². The van der Waals surface area contributed by atoms with Crippen molar-refractivity contribution in [1.29, 1.82) is 0 Å². The van der Waals surface area contributed by atoms with Crippen molar-refractivity contribution < 1.29 is 17.1 Å². The number of halogens is 1. The summed E-state index contributed by atoms with van der Waals surface area (Å²) in [6.45, 7) is 8.90. The zero-order valence-corrected chi connectivity index (χ0v) is 21.8. The molecule has 33 heavy (non-hydrogen) atoms. The van der Waals surface area contributed by atoms with Crippen LogP contribution in [-0.2, 0) is 6.16 Å². The van der Waals surface area contributed by atoms with E-state index in [0.717, 1.165) is 11.9 Å². The molecule has 0 aliphatic rings. The number of methoxy groups -OCH3 is 1. The Morgan fingerprint density at radius 1 is 0.545 bits per heavy atom. The zero-order chi connectivity index (χ0) is 22.7. The molecule has 0 aliphatic carbocycles. The fourth-order valence-electron chi connectivity index (χ4n) is 4.90. The third-order valence-electron chi connectivity index (χ3n) is 6.90. The van der Waals surface area contributed by atoms with E-state index in [-0.39, 0.29) is 12.4 Å². The van der Waals surface area contributed by atoms with Crippen LogP contribution in [0.25, 0.3) is 0 Å². The minimum atomic E-state index is -1.93. The highest BCUT2D eigenvalue weighted by Crippen LogP contribution is 2.59. The van der Waals surface area contributed by atoms with Gasteiger partial charge in [0.25, 0.3) is 0 Å². The molecule has 0 bridgehead atoms. The van der Waals surface area contributed by atoms with E-state index in [1.54, 1.807) is 7.11 Å². The van der Waals surface area contributed by atoms with Gasteiger partial charge in [-0.15, -0.1) is 0 Å². The minimum Gasteiger partial charge on any atom is -1.00 e. The van der Waals surface area contributed by atoms with Crippen molar-refractivity contribution in [2.45, 2.75) is 33.9 Å². The summed E-state index contributed by atoms with van der Waals surface area (Å²) in [6, 6.07) is 33.4. The molecule has 0 N–H and O–H groups in total. The molecule has 3 heteroatoms. The van der Waals surface area contributed by atoms with E-state index in [1.165, 1.54) is 43.7 Å². The highest BCUT2D eigenvalue weighted by Gasteiger charge is 2.46. The van der Waals surface area contributed by atoms with Gasteiger partial charge in [-0.3, -0.25) is 0 Å². The van der Waals surface area contributed by atoms with E-state index < -0.39 is 7.26 Å². The van der Waals surface area contributed by atoms with Crippen molar-refractivity contribution in [3.05, 3.63) is 119 Å². The number of hydrogen-bond acceptors (Lipinski definition) is 1. The minimum absolute atomic E-state index is 0. The molecule has 0 aliphatic heterocycles. The lowest BCUT2D eigenvalue weighted by Crippen LogP contribution is -3.00. The number of hydrogen-bond donors (Lipinski definition) is 0. The molecular weight excluding hydrogens is 443 g/mol. The second-order valence-electron chi connectivity index (χ2n) is 8.49. The average Bonchev–Trinajstić information content (AvgIpc) is 2.85. The van der Waals surface area contributed by atoms with Crippen LogP contribution in [0.15, 0.2) is 91.0 Å². The molecule has 0 fully saturated rings. The van der Waals surface area contributed by atoms with Crippen LogP contribution in [0.3, 0.4) is 0 Å². The maximum Gasteiger partial charge on any atom is 0.125 e. The second kappa shape index (κ2) is 10.6. The fourth-order valence-corrected chi connectivity index (χ4v) is 9.34. The Balaban J connectivity index is 0.00000306. The molecule has 0 spiro atoms. The first-order valence-electron chi connectivity index (χ1n) is 11.2. The summed E-state index contributed by atoms with van der Waals surface area (Å²) in [5.41, 5.74) is 6.63. The standard InChI is InChI=1S/C30H32OP.ClH/c1-22-24(3)30(31-5)25(4)23(2)29(22)21-32(26-15-9-6-10-16-26,27-17-11-7-12-18-27)28-19-13-8-14-20-28;/h6-20H,21H2,1-5H3;1H/q+1;/p-1. The lowest BCUT2D eigenvalue weighted by atomic mass is 9.94. The summed E-state index contributed by atoms with van der Waals surface area (Å²) in [6.07, 6.45) is 0.994. The third-order valence-corrected chi connectivity index (χ3v) is 11.2. The van der Waals surface area contributed by atoms with Crippen molar-refractivity contribution in [2.75, 3.05) is 7.11 Å². The van der Waals surface area contributed by atoms with Crippen LogP contribution in [0.5, 0.6) is 5.75 Å². The largest absolute Gasteiger partial charge is 1.00 e. The van der Waals surface area contributed by atoms with Gasteiger partial charge in [0, 0.05) is 0 Å². The van der Waals surface area contributed by atoms with Gasteiger partial charge in [0.1, 0.15) is 28.9 Å². The van der Waals surface area contributed by atoms with Crippen LogP contribution in [0, 0.1) is 27.7 Å². The van der Waals surface area contributed by atoms with Crippen LogP contribution >= 0.6 is 7.26 Å². The Morgan fingerprint density at radius 3 is 1.18 bits per heavy atom. The van der Waals surface area contributed by atoms with Crippen LogP contribution in [0.2, 0.25) is 0 Å². The van der Waals surface area contributed by atoms with Gasteiger partial charge in [-0.05, 0) is 91.9 Å². The number of ether oxygens (including phenoxy) is 1. The molecule has 4 aromatic rings. The summed E-state index contributed by atoms with van der Waals surface area (Å²) >= 11 is 0. The van der Waals surface area contributed by atoms with Gasteiger partial charge in [-0.1, -0.05) is 54.6 Å². The Hall–Kier alpha value is -2.60. The molecule has 0 amide bonds. The van der Waals surface area contributed by atoms with Gasteiger partial charge in [-0.25, -0.2) is 0 Å². The smallest absolute Gasteiger partial charge is 0.125 e. The van der Waals surface area contributed by atoms with E-state index >= 15 is 0 Å². The summed E-state index contributed by atoms with van der Waals surface area (Å²) in [4.78, 5) is 0. The first-order valence-corrected chi connectivity index (χ1v) is 13.2. The highest BCUT2D eigenvalue weighted by atomic mass is 35.5. The SMILES string of the molecule is COc1c(C)c(C)c(C[P+](c2ccccc2)(c2ccccc2)c2ccccc2)c(C)c1C.[Cl-]. The van der Waals surface area contributed by atoms with Crippen LogP contribution in [-0.4, -0.2) is 7.11 Å². The molecule has 0 saturated carbocycles. The quantitative estimate of drug-likeness (QED) is 0.389. The topological polar surface area (TPSA) is 9.23 Å². The van der Waals surface area contributed by atoms with Gasteiger partial charge in [0.05, 0.1) is 13.3 Å². The maximum atomic E-state index is 5.79. The predicted molar refractivity (Wildman–Crippen MR) is 141 cm³/mol. The van der Waals surface area contributed by atoms with Gasteiger partial charge in [0.2, 0.25) is 0 Å². The van der Waals surface area contributed by atoms with Gasteiger partial charge in [-0.2, -0.15) is 0 Å². The van der Waals surface area contributed by atoms with Crippen LogP contribution < -0.4 is 33.1 Å². The summed E-state index contributed by atoms with van der Waals surface area (Å²) in [5.74, 6) is 1.02. The van der Waals surface area contributed by atoms with Crippen molar-refractivity contribution in [2.24, 2.45) is 0 Å². The zero-order valence-electron chi connectivity index (χ0n) is 20.1. The second-order valence-corrected chi connectivity index (χ2v) is 12.0. The molecule has 170 valence electrons. The first kappa shape index (κ1) is 25.0. The third kappa shape index (κ3) is 4.45. The molecule has 4 aromatic carbocycles. The predicted octanol–water partition coefficient (Wildman–Crippen LogP) is 3.43. The molecule has 4 rings (SSSR count). The number of benzene rings is 4. The van der Waals surface area contributed by atoms with Crippen molar-refractivity contribution in [1.82, 2.24) is 0 Å². The highest BCUT2D eigenvalue weighted by molar-refractivity contribution is 7.95. The van der Waals surface area contributed by atoms with E-state index in [2.05, 4.69) is 119 Å². The maximum absolute atomic E-state index is 5.79. The fraction of sp³-hybridized carbons (Fsp3) is 0.200. The summed E-state index contributed by atoms with van der Waals surface area (Å²) in [7, 11) is -0.152. The van der Waals surface area contributed by atoms with Crippen molar-refractivity contribution in [3.8, 4) is 5.75 Å². The first-order chi connectivity index (χ1) is 15.5. The van der Waals surface area contributed by atoms with Crippen molar-refractivity contribution in [3.63, 3.8) is 0 Å². The van der Waals surface area contributed by atoms with E-state index in [4.69, 9.17) is 4.74 Å². The molecule has 0 heterocycles. The van der Waals surface area contributed by atoms with E-state index in [1.807, 2.05) is 0 Å². The molecule has 0 saturated heterocycles. The average molecular weight is 475 g/mol. The lowest BCUT2D eigenvalue weighted by molar-refractivity contribution is -0.00000680.